The van der Waals surface area contributed by atoms with Crippen LogP contribution in [0.3, 0.4) is 0 Å². The minimum atomic E-state index is -4.65. The summed E-state index contributed by atoms with van der Waals surface area (Å²) < 4.78 is 33.9. The van der Waals surface area contributed by atoms with Gasteiger partial charge >= 0.3 is 11.9 Å². The molecule has 406 valence electrons. The number of rotatable bonds is 48. The molecule has 0 spiro atoms. The van der Waals surface area contributed by atoms with Crippen molar-refractivity contribution in [1.29, 1.82) is 0 Å². The molecule has 0 N–H and O–H groups in total. The van der Waals surface area contributed by atoms with Crippen LogP contribution in [0.15, 0.2) is 146 Å². The van der Waals surface area contributed by atoms with Crippen molar-refractivity contribution in [3.63, 3.8) is 0 Å². The normalized spacial score (nSPS) is 14.5. The summed E-state index contributed by atoms with van der Waals surface area (Å²) in [5.41, 5.74) is 0. The highest BCUT2D eigenvalue weighted by Crippen LogP contribution is 2.38. The molecule has 0 aliphatic heterocycles. The second-order valence-corrected chi connectivity index (χ2v) is 20.3. The summed E-state index contributed by atoms with van der Waals surface area (Å²) in [6.45, 7) is 3.99. The van der Waals surface area contributed by atoms with Crippen molar-refractivity contribution < 1.29 is 42.1 Å². The molecule has 2 unspecified atom stereocenters. The van der Waals surface area contributed by atoms with E-state index in [-0.39, 0.29) is 26.1 Å². The standard InChI is InChI=1S/C62H100NO8P/c1-6-8-10-12-14-16-18-19-20-21-22-23-24-25-26-27-28-29-30-31-32-33-34-35-36-37-38-39-40-41-42-43-45-47-49-51-53-55-62(65)71-60(59-70-72(66,67)69-57-56-63(3,4)5)58-68-61(64)54-52-50-48-46-44-17-15-13-11-9-7-2/h8,10,13-16,19-20,22-23,25-26,28-29,31-32,34-35,37-38,40-41,43,45,60H,6-7,9,11-12,17-18,21,24,27,30,33,36,39,42,44,46-59H2,1-5H3/b10-8-,15-13-,16-14-,20-19-,23-22-,26-25-,29-28-,32-31-,35-34-,38-37-,41-40-,45-43-. The lowest BCUT2D eigenvalue weighted by Crippen LogP contribution is -2.37. The van der Waals surface area contributed by atoms with Crippen LogP contribution in [0, 0.1) is 0 Å². The van der Waals surface area contributed by atoms with Crippen molar-refractivity contribution in [1.82, 2.24) is 0 Å². The van der Waals surface area contributed by atoms with Gasteiger partial charge in [-0.2, -0.15) is 0 Å². The first-order chi connectivity index (χ1) is 35.0. The molecule has 0 aromatic carbocycles. The van der Waals surface area contributed by atoms with Crippen LogP contribution < -0.4 is 4.89 Å². The van der Waals surface area contributed by atoms with Gasteiger partial charge in [0.2, 0.25) is 0 Å². The Kier molecular flexibility index (Phi) is 48.8. The first-order valence-electron chi connectivity index (χ1n) is 27.5. The number of phosphoric acid groups is 1. The number of allylic oxidation sites excluding steroid dienone is 24. The Hall–Kier alpha value is -4.11. The predicted octanol–water partition coefficient (Wildman–Crippen LogP) is 16.5. The molecule has 0 heterocycles. The molecule has 0 saturated heterocycles. The van der Waals surface area contributed by atoms with Crippen molar-refractivity contribution in [3.8, 4) is 0 Å². The number of hydrogen-bond donors (Lipinski definition) is 0. The maximum atomic E-state index is 12.7. The molecule has 0 aliphatic rings. The van der Waals surface area contributed by atoms with E-state index >= 15 is 0 Å². The Bertz CT molecular complexity index is 1720. The Labute approximate surface area is 440 Å². The predicted molar refractivity (Wildman–Crippen MR) is 304 cm³/mol. The maximum Gasteiger partial charge on any atom is 0.306 e. The summed E-state index contributed by atoms with van der Waals surface area (Å²) in [6.07, 6.45) is 76.2. The van der Waals surface area contributed by atoms with E-state index in [0.29, 0.717) is 23.9 Å². The zero-order chi connectivity index (χ0) is 52.7. The zero-order valence-electron chi connectivity index (χ0n) is 45.8. The molecule has 0 amide bonds. The van der Waals surface area contributed by atoms with Gasteiger partial charge in [-0.1, -0.05) is 198 Å². The van der Waals surface area contributed by atoms with Crippen molar-refractivity contribution in [2.45, 2.75) is 187 Å². The molecule has 0 aromatic heterocycles. The number of unbranched alkanes of at least 4 members (excludes halogenated alkanes) is 10. The van der Waals surface area contributed by atoms with E-state index in [2.05, 4.69) is 160 Å². The van der Waals surface area contributed by atoms with E-state index in [0.717, 1.165) is 128 Å². The number of esters is 2. The van der Waals surface area contributed by atoms with Gasteiger partial charge in [0.05, 0.1) is 27.7 Å². The van der Waals surface area contributed by atoms with Crippen LogP contribution in [0.25, 0.3) is 0 Å². The number of carbonyl (C=O) groups is 2. The van der Waals surface area contributed by atoms with Gasteiger partial charge < -0.3 is 27.9 Å². The fourth-order valence-electron chi connectivity index (χ4n) is 6.58. The van der Waals surface area contributed by atoms with Crippen LogP contribution in [-0.4, -0.2) is 70.0 Å². The van der Waals surface area contributed by atoms with Crippen LogP contribution in [0.1, 0.15) is 181 Å². The summed E-state index contributed by atoms with van der Waals surface area (Å²) in [6, 6.07) is 0. The number of hydrogen-bond acceptors (Lipinski definition) is 8. The van der Waals surface area contributed by atoms with Gasteiger partial charge in [-0.3, -0.25) is 14.2 Å². The van der Waals surface area contributed by atoms with Gasteiger partial charge in [-0.05, 0) is 116 Å². The number of phosphoric ester groups is 1. The Morgan fingerprint density at radius 3 is 1.21 bits per heavy atom. The number of nitrogens with zero attached hydrogens (tertiary/aromatic N) is 1. The van der Waals surface area contributed by atoms with Gasteiger partial charge in [-0.25, -0.2) is 0 Å². The molecule has 2 atom stereocenters. The Balaban J connectivity index is 4.23. The molecule has 0 bridgehead atoms. The molecule has 0 aliphatic carbocycles. The van der Waals surface area contributed by atoms with E-state index in [9.17, 15) is 19.0 Å². The van der Waals surface area contributed by atoms with E-state index < -0.39 is 32.5 Å². The quantitative estimate of drug-likeness (QED) is 0.0195. The molecule has 0 saturated carbocycles. The highest BCUT2D eigenvalue weighted by molar-refractivity contribution is 7.45. The Morgan fingerprint density at radius 1 is 0.444 bits per heavy atom. The van der Waals surface area contributed by atoms with Crippen LogP contribution >= 0.6 is 7.82 Å². The number of ether oxygens (including phenoxy) is 2. The summed E-state index contributed by atoms with van der Waals surface area (Å²) in [4.78, 5) is 37.6. The maximum absolute atomic E-state index is 12.7. The lowest BCUT2D eigenvalue weighted by molar-refractivity contribution is -0.870. The monoisotopic (exact) mass is 1020 g/mol. The van der Waals surface area contributed by atoms with Gasteiger partial charge in [0.1, 0.15) is 19.8 Å². The molecule has 0 fully saturated rings. The zero-order valence-corrected chi connectivity index (χ0v) is 46.7. The van der Waals surface area contributed by atoms with Crippen LogP contribution in [0.5, 0.6) is 0 Å². The van der Waals surface area contributed by atoms with Crippen LogP contribution in [-0.2, 0) is 32.7 Å². The van der Waals surface area contributed by atoms with Gasteiger partial charge in [0.25, 0.3) is 7.82 Å². The molecular formula is C62H100NO8P. The largest absolute Gasteiger partial charge is 0.756 e. The van der Waals surface area contributed by atoms with E-state index in [4.69, 9.17) is 18.5 Å². The highest BCUT2D eigenvalue weighted by atomic mass is 31.2. The average Bonchev–Trinajstić information content (AvgIpc) is 3.34. The van der Waals surface area contributed by atoms with Crippen LogP contribution in [0.2, 0.25) is 0 Å². The molecule has 0 aromatic rings. The third-order valence-electron chi connectivity index (χ3n) is 10.8. The SMILES string of the molecule is CC/C=C\C/C=C\C/C=C\C/C=C\C/C=C\C/C=C\C/C=C\C/C=C\C/C=C\C/C=C\C/C=C\CCCCCC(=O)OC(COC(=O)CCCCCCC/C=C\CCCC)COP(=O)([O-])OCC[N+](C)(C)C. The Morgan fingerprint density at radius 2 is 0.792 bits per heavy atom. The van der Waals surface area contributed by atoms with Gasteiger partial charge in [0, 0.05) is 12.8 Å². The smallest absolute Gasteiger partial charge is 0.306 e. The summed E-state index contributed by atoms with van der Waals surface area (Å²) >= 11 is 0. The average molecular weight is 1020 g/mol. The summed E-state index contributed by atoms with van der Waals surface area (Å²) in [5, 5.41) is 0. The minimum Gasteiger partial charge on any atom is -0.756 e. The van der Waals surface area contributed by atoms with Crippen molar-refractivity contribution in [2.24, 2.45) is 0 Å². The topological polar surface area (TPSA) is 111 Å². The molecule has 9 nitrogen and oxygen atoms in total. The first kappa shape index (κ1) is 67.9. The molecule has 0 radical (unpaired) electrons. The fourth-order valence-corrected chi connectivity index (χ4v) is 7.31. The summed E-state index contributed by atoms with van der Waals surface area (Å²) in [7, 11) is 1.11. The third kappa shape index (κ3) is 55.2. The minimum absolute atomic E-state index is 0.0469. The first-order valence-corrected chi connectivity index (χ1v) is 29.0. The van der Waals surface area contributed by atoms with Gasteiger partial charge in [0.15, 0.2) is 6.10 Å². The van der Waals surface area contributed by atoms with Crippen molar-refractivity contribution >= 4 is 19.8 Å². The lowest BCUT2D eigenvalue weighted by atomic mass is 10.1. The van der Waals surface area contributed by atoms with E-state index in [1.165, 1.54) is 12.8 Å². The fraction of sp³-hybridized carbons (Fsp3) is 0.581. The van der Waals surface area contributed by atoms with Gasteiger partial charge in [-0.15, -0.1) is 0 Å². The second kappa shape index (κ2) is 51.8. The molecule has 0 rings (SSSR count). The molecule has 72 heavy (non-hydrogen) atoms. The second-order valence-electron chi connectivity index (χ2n) is 18.9. The third-order valence-corrected chi connectivity index (χ3v) is 11.8. The number of likely N-dealkylation sites (N-methyl/N-ethyl adjacent to an activating group) is 1. The van der Waals surface area contributed by atoms with E-state index in [1.807, 2.05) is 21.1 Å². The van der Waals surface area contributed by atoms with Crippen LogP contribution in [0.4, 0.5) is 0 Å². The molecule has 10 heteroatoms. The van der Waals surface area contributed by atoms with Crippen molar-refractivity contribution in [2.75, 3.05) is 47.5 Å². The number of quaternary nitrogens is 1. The molecular weight excluding hydrogens is 918 g/mol. The highest BCUT2D eigenvalue weighted by Gasteiger charge is 2.21. The summed E-state index contributed by atoms with van der Waals surface area (Å²) in [5.74, 6) is -0.898. The lowest BCUT2D eigenvalue weighted by Gasteiger charge is -2.28. The van der Waals surface area contributed by atoms with Crippen molar-refractivity contribution in [3.05, 3.63) is 146 Å². The van der Waals surface area contributed by atoms with E-state index in [1.54, 1.807) is 0 Å². The number of carbonyl (C=O) groups excluding carboxylic acids is 2.